The number of anilines is 3. The maximum atomic E-state index is 16.0. The van der Waals surface area contributed by atoms with Crippen molar-refractivity contribution in [3.8, 4) is 11.1 Å². The SMILES string of the molecule is CN1CCC2CN(c3nc(N)c4cc(Cl)c(-c5cccc6sc(N)nc56)c(F)c4n3)CC21. The van der Waals surface area contributed by atoms with Gasteiger partial charge < -0.3 is 21.3 Å². The maximum absolute atomic E-state index is 16.0. The number of hydrogen-bond donors (Lipinski definition) is 2. The Bertz CT molecular complexity index is 1390. The number of nitrogens with zero attached hydrogens (tertiary/aromatic N) is 5. The van der Waals surface area contributed by atoms with E-state index in [1.54, 1.807) is 12.1 Å². The average Bonchev–Trinajstić information content (AvgIpc) is 3.44. The number of aromatic nitrogens is 3. The molecule has 2 aromatic carbocycles. The highest BCUT2D eigenvalue weighted by Gasteiger charge is 2.40. The number of fused-ring (bicyclic) bond motifs is 3. The second-order valence-electron chi connectivity index (χ2n) is 8.56. The summed E-state index contributed by atoms with van der Waals surface area (Å²) in [4.78, 5) is 18.0. The predicted octanol–water partition coefficient (Wildman–Crippen LogP) is 4.00. The number of halogens is 2. The lowest BCUT2D eigenvalue weighted by Crippen LogP contribution is -2.32. The molecule has 0 spiro atoms. The van der Waals surface area contributed by atoms with E-state index in [4.69, 9.17) is 23.1 Å². The summed E-state index contributed by atoms with van der Waals surface area (Å²) in [6.45, 7) is 2.76. The first-order valence-corrected chi connectivity index (χ1v) is 11.7. The van der Waals surface area contributed by atoms with E-state index in [0.29, 0.717) is 39.5 Å². The third kappa shape index (κ3) is 2.92. The van der Waals surface area contributed by atoms with Crippen molar-refractivity contribution >= 4 is 61.0 Å². The Balaban J connectivity index is 1.51. The summed E-state index contributed by atoms with van der Waals surface area (Å²) in [7, 11) is 2.14. The van der Waals surface area contributed by atoms with E-state index in [1.807, 2.05) is 12.1 Å². The van der Waals surface area contributed by atoms with Crippen LogP contribution in [0.2, 0.25) is 5.02 Å². The van der Waals surface area contributed by atoms with Gasteiger partial charge in [-0.3, -0.25) is 0 Å². The van der Waals surface area contributed by atoms with Crippen LogP contribution in [0.4, 0.5) is 21.3 Å². The van der Waals surface area contributed by atoms with Gasteiger partial charge in [-0.2, -0.15) is 4.98 Å². The van der Waals surface area contributed by atoms with Crippen molar-refractivity contribution in [3.05, 3.63) is 35.1 Å². The largest absolute Gasteiger partial charge is 0.383 e. The number of likely N-dealkylation sites (tertiary alicyclic amines) is 1. The number of hydrogen-bond acceptors (Lipinski definition) is 8. The molecule has 0 radical (unpaired) electrons. The van der Waals surface area contributed by atoms with Crippen molar-refractivity contribution in [2.45, 2.75) is 12.5 Å². The third-order valence-electron chi connectivity index (χ3n) is 6.71. The van der Waals surface area contributed by atoms with Gasteiger partial charge in [0, 0.05) is 35.6 Å². The highest BCUT2D eigenvalue weighted by atomic mass is 35.5. The van der Waals surface area contributed by atoms with E-state index in [-0.39, 0.29) is 21.9 Å². The van der Waals surface area contributed by atoms with Crippen molar-refractivity contribution in [1.29, 1.82) is 0 Å². The Labute approximate surface area is 192 Å². The van der Waals surface area contributed by atoms with Crippen LogP contribution >= 0.6 is 22.9 Å². The first-order chi connectivity index (χ1) is 15.4. The van der Waals surface area contributed by atoms with Crippen molar-refractivity contribution in [2.24, 2.45) is 5.92 Å². The van der Waals surface area contributed by atoms with Crippen LogP contribution in [0.15, 0.2) is 24.3 Å². The normalized spacial score (nSPS) is 21.2. The zero-order chi connectivity index (χ0) is 22.1. The molecule has 6 rings (SSSR count). The lowest BCUT2D eigenvalue weighted by Gasteiger charge is -2.21. The van der Waals surface area contributed by atoms with Gasteiger partial charge in [0.25, 0.3) is 0 Å². The summed E-state index contributed by atoms with van der Waals surface area (Å²) in [6.07, 6.45) is 1.15. The molecule has 2 aliphatic rings. The zero-order valence-corrected chi connectivity index (χ0v) is 18.9. The summed E-state index contributed by atoms with van der Waals surface area (Å²) >= 11 is 7.90. The average molecular weight is 470 g/mol. The minimum Gasteiger partial charge on any atom is -0.383 e. The summed E-state index contributed by atoms with van der Waals surface area (Å²) in [5.41, 5.74) is 13.8. The molecule has 2 aliphatic heterocycles. The molecule has 164 valence electrons. The number of nitrogen functional groups attached to an aromatic ring is 2. The van der Waals surface area contributed by atoms with Gasteiger partial charge in [0.15, 0.2) is 10.9 Å². The van der Waals surface area contributed by atoms with Crippen LogP contribution in [0.5, 0.6) is 0 Å². The molecule has 32 heavy (non-hydrogen) atoms. The minimum atomic E-state index is -0.529. The monoisotopic (exact) mass is 469 g/mol. The molecule has 2 saturated heterocycles. The van der Waals surface area contributed by atoms with Gasteiger partial charge >= 0.3 is 0 Å². The highest BCUT2D eigenvalue weighted by molar-refractivity contribution is 7.22. The van der Waals surface area contributed by atoms with Crippen LogP contribution in [0.25, 0.3) is 32.2 Å². The van der Waals surface area contributed by atoms with E-state index >= 15 is 4.39 Å². The van der Waals surface area contributed by atoms with Crippen LogP contribution in [-0.4, -0.2) is 52.6 Å². The summed E-state index contributed by atoms with van der Waals surface area (Å²) in [5, 5.41) is 1.05. The smallest absolute Gasteiger partial charge is 0.228 e. The Kier molecular flexibility index (Phi) is 4.43. The molecule has 0 amide bonds. The van der Waals surface area contributed by atoms with Crippen molar-refractivity contribution in [1.82, 2.24) is 19.9 Å². The molecule has 2 fully saturated rings. The molecule has 10 heteroatoms. The van der Waals surface area contributed by atoms with E-state index in [9.17, 15) is 0 Å². The van der Waals surface area contributed by atoms with E-state index in [1.165, 1.54) is 11.3 Å². The first-order valence-electron chi connectivity index (χ1n) is 10.5. The molecular weight excluding hydrogens is 449 g/mol. The van der Waals surface area contributed by atoms with Crippen molar-refractivity contribution in [3.63, 3.8) is 0 Å². The minimum absolute atomic E-state index is 0.164. The molecule has 2 atom stereocenters. The molecule has 2 unspecified atom stereocenters. The number of benzene rings is 2. The fourth-order valence-corrected chi connectivity index (χ4v) is 6.15. The van der Waals surface area contributed by atoms with Crippen molar-refractivity contribution in [2.75, 3.05) is 43.0 Å². The van der Waals surface area contributed by atoms with E-state index in [0.717, 1.165) is 30.8 Å². The Morgan fingerprint density at radius 3 is 2.81 bits per heavy atom. The quantitative estimate of drug-likeness (QED) is 0.458. The summed E-state index contributed by atoms with van der Waals surface area (Å²) < 4.78 is 16.8. The van der Waals surface area contributed by atoms with Gasteiger partial charge in [-0.1, -0.05) is 35.1 Å². The summed E-state index contributed by atoms with van der Waals surface area (Å²) in [5.74, 6) is 0.720. The van der Waals surface area contributed by atoms with Gasteiger partial charge in [-0.05, 0) is 38.1 Å². The standard InChI is InChI=1S/C22H21ClFN7S/c1-30-6-5-10-8-31(9-14(10)30)22-28-19-12(20(25)29-22)7-13(23)16(17(19)24)11-3-2-4-15-18(11)27-21(26)32-15/h2-4,7,10,14H,5-6,8-9H2,1H3,(H2,26,27)(H2,25,28,29). The second-order valence-corrected chi connectivity index (χ2v) is 10.0. The van der Waals surface area contributed by atoms with Crippen LogP contribution in [0.3, 0.4) is 0 Å². The van der Waals surface area contributed by atoms with Gasteiger partial charge in [-0.25, -0.2) is 14.4 Å². The molecule has 7 nitrogen and oxygen atoms in total. The highest BCUT2D eigenvalue weighted by Crippen LogP contribution is 2.41. The lowest BCUT2D eigenvalue weighted by molar-refractivity contribution is 0.310. The van der Waals surface area contributed by atoms with Gasteiger partial charge in [0.2, 0.25) is 5.95 Å². The third-order valence-corrected chi connectivity index (χ3v) is 7.86. The number of rotatable bonds is 2. The van der Waals surface area contributed by atoms with Gasteiger partial charge in [-0.15, -0.1) is 0 Å². The fraction of sp³-hybridized carbons (Fsp3) is 0.318. The molecule has 4 N–H and O–H groups in total. The fourth-order valence-electron chi connectivity index (χ4n) is 5.10. The maximum Gasteiger partial charge on any atom is 0.228 e. The van der Waals surface area contributed by atoms with Crippen LogP contribution in [0.1, 0.15) is 6.42 Å². The van der Waals surface area contributed by atoms with Gasteiger partial charge in [0.05, 0.1) is 15.2 Å². The number of likely N-dealkylation sites (N-methyl/N-ethyl adjacent to an activating group) is 1. The molecule has 4 aromatic rings. The Morgan fingerprint density at radius 2 is 2.00 bits per heavy atom. The van der Waals surface area contributed by atoms with E-state index in [2.05, 4.69) is 31.8 Å². The Morgan fingerprint density at radius 1 is 1.16 bits per heavy atom. The van der Waals surface area contributed by atoms with Crippen LogP contribution < -0.4 is 16.4 Å². The second kappa shape index (κ2) is 7.13. The molecule has 2 aromatic heterocycles. The first kappa shape index (κ1) is 19.9. The molecule has 0 aliphatic carbocycles. The number of para-hydroxylation sites is 1. The van der Waals surface area contributed by atoms with Gasteiger partial charge in [0.1, 0.15) is 11.3 Å². The molecule has 0 bridgehead atoms. The van der Waals surface area contributed by atoms with Crippen molar-refractivity contribution < 1.29 is 4.39 Å². The van der Waals surface area contributed by atoms with Crippen LogP contribution in [0, 0.1) is 11.7 Å². The zero-order valence-electron chi connectivity index (χ0n) is 17.3. The Hall–Kier alpha value is -2.75. The van der Waals surface area contributed by atoms with E-state index < -0.39 is 5.82 Å². The molecule has 0 saturated carbocycles. The topological polar surface area (TPSA) is 97.2 Å². The predicted molar refractivity (Wildman–Crippen MR) is 129 cm³/mol. The van der Waals surface area contributed by atoms with Crippen LogP contribution in [-0.2, 0) is 0 Å². The molecule has 4 heterocycles. The molecular formula is C22H21ClFN7S. The number of thiazole rings is 1. The number of nitrogens with two attached hydrogens (primary N) is 2. The lowest BCUT2D eigenvalue weighted by atomic mass is 10.0. The summed E-state index contributed by atoms with van der Waals surface area (Å²) in [6, 6.07) is 7.64.